The van der Waals surface area contributed by atoms with Crippen LogP contribution in [0.25, 0.3) is 0 Å². The van der Waals surface area contributed by atoms with Crippen LogP contribution in [0.2, 0.25) is 0 Å². The van der Waals surface area contributed by atoms with Crippen molar-refractivity contribution >= 4 is 11.7 Å². The molecule has 0 saturated heterocycles. The summed E-state index contributed by atoms with van der Waals surface area (Å²) in [7, 11) is 0. The van der Waals surface area contributed by atoms with Crippen molar-refractivity contribution in [3.8, 4) is 6.07 Å². The molecule has 0 fully saturated rings. The third-order valence-corrected chi connectivity index (χ3v) is 1.90. The zero-order valence-corrected chi connectivity index (χ0v) is 8.68. The second kappa shape index (κ2) is 5.85. The summed E-state index contributed by atoms with van der Waals surface area (Å²) in [5.74, 6) is 0.0219. The molecule has 1 amide bonds. The van der Waals surface area contributed by atoms with Crippen LogP contribution in [0.15, 0.2) is 6.20 Å². The summed E-state index contributed by atoms with van der Waals surface area (Å²) < 4.78 is 1.37. The smallest absolute Gasteiger partial charge is 0.226 e. The lowest BCUT2D eigenvalue weighted by molar-refractivity contribution is -0.116. The molecule has 0 spiro atoms. The Balaban J connectivity index is 2.87. The number of carbonyl (C=O) groups is 1. The Morgan fingerprint density at radius 3 is 3.06 bits per heavy atom. The summed E-state index contributed by atoms with van der Waals surface area (Å²) in [6.07, 6.45) is 1.52. The van der Waals surface area contributed by atoms with Gasteiger partial charge in [-0.05, 0) is 0 Å². The Bertz CT molecular complexity index is 407. The Hall–Kier alpha value is -1.91. The van der Waals surface area contributed by atoms with Gasteiger partial charge in [0.25, 0.3) is 0 Å². The molecule has 7 nitrogen and oxygen atoms in total. The molecule has 0 atom stereocenters. The molecule has 86 valence electrons. The first kappa shape index (κ1) is 12.2. The van der Waals surface area contributed by atoms with Gasteiger partial charge in [0.15, 0.2) is 0 Å². The van der Waals surface area contributed by atoms with Gasteiger partial charge in [-0.3, -0.25) is 4.79 Å². The second-order valence-corrected chi connectivity index (χ2v) is 3.05. The van der Waals surface area contributed by atoms with Crippen molar-refractivity contribution in [3.63, 3.8) is 0 Å². The van der Waals surface area contributed by atoms with Crippen LogP contribution in [0.1, 0.15) is 12.0 Å². The van der Waals surface area contributed by atoms with E-state index >= 15 is 0 Å². The zero-order chi connectivity index (χ0) is 12.0. The maximum atomic E-state index is 11.3. The van der Waals surface area contributed by atoms with Gasteiger partial charge in [-0.1, -0.05) is 0 Å². The summed E-state index contributed by atoms with van der Waals surface area (Å²) >= 11 is 0. The Morgan fingerprint density at radius 1 is 1.75 bits per heavy atom. The van der Waals surface area contributed by atoms with Crippen LogP contribution in [0.4, 0.5) is 5.82 Å². The Kier molecular flexibility index (Phi) is 4.44. The molecule has 1 aromatic heterocycles. The molecular formula is C9H13N5O2. The second-order valence-electron chi connectivity index (χ2n) is 3.05. The van der Waals surface area contributed by atoms with E-state index in [1.54, 1.807) is 0 Å². The first-order valence-electron chi connectivity index (χ1n) is 4.79. The minimum atomic E-state index is -0.279. The van der Waals surface area contributed by atoms with Crippen LogP contribution < -0.4 is 11.1 Å². The molecule has 0 radical (unpaired) electrons. The van der Waals surface area contributed by atoms with Crippen LogP contribution >= 0.6 is 0 Å². The van der Waals surface area contributed by atoms with Crippen molar-refractivity contribution in [1.82, 2.24) is 9.78 Å². The molecule has 7 heteroatoms. The number of anilines is 1. The molecule has 0 aliphatic rings. The van der Waals surface area contributed by atoms with Crippen LogP contribution in [0, 0.1) is 11.3 Å². The highest BCUT2D eigenvalue weighted by molar-refractivity contribution is 5.91. The van der Waals surface area contributed by atoms with Crippen molar-refractivity contribution in [1.29, 1.82) is 5.26 Å². The maximum absolute atomic E-state index is 11.3. The van der Waals surface area contributed by atoms with Gasteiger partial charge < -0.3 is 16.2 Å². The van der Waals surface area contributed by atoms with Gasteiger partial charge >= 0.3 is 0 Å². The minimum Gasteiger partial charge on any atom is -0.394 e. The summed E-state index contributed by atoms with van der Waals surface area (Å²) in [6, 6.07) is 1.91. The molecule has 16 heavy (non-hydrogen) atoms. The van der Waals surface area contributed by atoms with Gasteiger partial charge in [-0.2, -0.15) is 10.4 Å². The van der Waals surface area contributed by atoms with Gasteiger partial charge in [0, 0.05) is 13.0 Å². The molecule has 0 aliphatic carbocycles. The third-order valence-electron chi connectivity index (χ3n) is 1.90. The average molecular weight is 223 g/mol. The van der Waals surface area contributed by atoms with Gasteiger partial charge in [0.1, 0.15) is 17.5 Å². The number of amides is 1. The summed E-state index contributed by atoms with van der Waals surface area (Å²) in [5, 5.41) is 24.0. The van der Waals surface area contributed by atoms with E-state index in [1.165, 1.54) is 10.9 Å². The van der Waals surface area contributed by atoms with Gasteiger partial charge in [-0.15, -0.1) is 0 Å². The molecule has 0 unspecified atom stereocenters. The maximum Gasteiger partial charge on any atom is 0.226 e. The van der Waals surface area contributed by atoms with Crippen molar-refractivity contribution < 1.29 is 9.90 Å². The number of nitriles is 1. The quantitative estimate of drug-likeness (QED) is 0.594. The highest BCUT2D eigenvalue weighted by Gasteiger charge is 2.12. The van der Waals surface area contributed by atoms with E-state index in [-0.39, 0.29) is 37.6 Å². The Morgan fingerprint density at radius 2 is 2.50 bits per heavy atom. The number of nitrogens with one attached hydrogen (secondary N) is 1. The highest BCUT2D eigenvalue weighted by atomic mass is 16.3. The van der Waals surface area contributed by atoms with Crippen LogP contribution in [0.5, 0.6) is 0 Å². The predicted octanol–water partition coefficient (Wildman–Crippen LogP) is -0.966. The minimum absolute atomic E-state index is 0.119. The average Bonchev–Trinajstić information content (AvgIpc) is 2.62. The molecule has 0 aliphatic heterocycles. The number of hydrogen-bond donors (Lipinski definition) is 3. The van der Waals surface area contributed by atoms with E-state index in [2.05, 4.69) is 10.4 Å². The monoisotopic (exact) mass is 223 g/mol. The lowest BCUT2D eigenvalue weighted by Gasteiger charge is -2.07. The van der Waals surface area contributed by atoms with Gasteiger partial charge in [0.2, 0.25) is 5.91 Å². The molecular weight excluding hydrogens is 210 g/mol. The van der Waals surface area contributed by atoms with Gasteiger partial charge in [0.05, 0.1) is 19.3 Å². The normalized spacial score (nSPS) is 9.81. The van der Waals surface area contributed by atoms with E-state index in [1.807, 2.05) is 6.07 Å². The summed E-state index contributed by atoms with van der Waals surface area (Å²) in [4.78, 5) is 11.3. The first-order valence-corrected chi connectivity index (χ1v) is 4.79. The summed E-state index contributed by atoms with van der Waals surface area (Å²) in [6.45, 7) is 0.341. The van der Waals surface area contributed by atoms with E-state index in [0.29, 0.717) is 5.82 Å². The summed E-state index contributed by atoms with van der Waals surface area (Å²) in [5.41, 5.74) is 5.50. The van der Waals surface area contributed by atoms with Crippen LogP contribution in [-0.4, -0.2) is 33.9 Å². The van der Waals surface area contributed by atoms with Crippen molar-refractivity contribution in [2.75, 3.05) is 18.5 Å². The number of carbonyl (C=O) groups excluding carboxylic acids is 1. The largest absolute Gasteiger partial charge is 0.394 e. The third kappa shape index (κ3) is 2.79. The van der Waals surface area contributed by atoms with E-state index in [0.717, 1.165) is 0 Å². The van der Waals surface area contributed by atoms with Gasteiger partial charge in [-0.25, -0.2) is 4.68 Å². The van der Waals surface area contributed by atoms with Crippen molar-refractivity contribution in [3.05, 3.63) is 11.8 Å². The fraction of sp³-hybridized carbons (Fsp3) is 0.444. The number of aliphatic hydroxyl groups excluding tert-OH is 1. The standard InChI is InChI=1S/C9H13N5O2/c10-2-1-8(16)13-9-7(5-11)6-12-14(9)3-4-15/h6,15H,1-4,10H2,(H,13,16). The number of nitrogens with two attached hydrogens (primary N) is 1. The number of hydrogen-bond acceptors (Lipinski definition) is 5. The Labute approximate surface area is 92.5 Å². The topological polar surface area (TPSA) is 117 Å². The van der Waals surface area contributed by atoms with E-state index in [4.69, 9.17) is 16.1 Å². The number of aromatic nitrogens is 2. The number of aliphatic hydroxyl groups is 1. The predicted molar refractivity (Wildman–Crippen MR) is 56.3 cm³/mol. The molecule has 4 N–H and O–H groups in total. The number of rotatable bonds is 5. The van der Waals surface area contributed by atoms with Crippen LogP contribution in [-0.2, 0) is 11.3 Å². The number of nitrogens with zero attached hydrogens (tertiary/aromatic N) is 3. The zero-order valence-electron chi connectivity index (χ0n) is 8.68. The molecule has 1 heterocycles. The molecule has 0 saturated carbocycles. The van der Waals surface area contributed by atoms with Crippen molar-refractivity contribution in [2.45, 2.75) is 13.0 Å². The fourth-order valence-corrected chi connectivity index (χ4v) is 1.19. The molecule has 0 bridgehead atoms. The first-order chi connectivity index (χ1) is 7.72. The lowest BCUT2D eigenvalue weighted by Crippen LogP contribution is -2.20. The molecule has 1 aromatic rings. The van der Waals surface area contributed by atoms with E-state index in [9.17, 15) is 4.79 Å². The lowest BCUT2D eigenvalue weighted by atomic mass is 10.3. The molecule has 1 rings (SSSR count). The van der Waals surface area contributed by atoms with Crippen LogP contribution in [0.3, 0.4) is 0 Å². The SMILES string of the molecule is N#Cc1cnn(CCO)c1NC(=O)CCN. The highest BCUT2D eigenvalue weighted by Crippen LogP contribution is 2.13. The fourth-order valence-electron chi connectivity index (χ4n) is 1.19. The van der Waals surface area contributed by atoms with Crippen molar-refractivity contribution in [2.24, 2.45) is 5.73 Å². The van der Waals surface area contributed by atoms with E-state index < -0.39 is 0 Å². The molecule has 0 aromatic carbocycles.